The SMILES string of the molecule is CCCn1c(=O)/c(=N\O)nc(N2CCN(C)CC2)c2ccccc21. The van der Waals surface area contributed by atoms with Crippen LogP contribution < -0.4 is 15.9 Å². The van der Waals surface area contributed by atoms with Gasteiger partial charge in [-0.3, -0.25) is 4.79 Å². The number of hydrogen-bond acceptors (Lipinski definition) is 6. The van der Waals surface area contributed by atoms with Crippen LogP contribution in [0.1, 0.15) is 13.3 Å². The second kappa shape index (κ2) is 7.00. The zero-order valence-corrected chi connectivity index (χ0v) is 14.1. The number of likely N-dealkylation sites (N-methyl/N-ethyl adjacent to an activating group) is 1. The molecule has 1 aliphatic rings. The van der Waals surface area contributed by atoms with Crippen molar-refractivity contribution in [2.24, 2.45) is 5.16 Å². The minimum Gasteiger partial charge on any atom is -0.409 e. The molecule has 0 aliphatic carbocycles. The highest BCUT2D eigenvalue weighted by Crippen LogP contribution is 2.23. The number of benzene rings is 1. The lowest BCUT2D eigenvalue weighted by Gasteiger charge is -2.33. The number of anilines is 1. The smallest absolute Gasteiger partial charge is 0.299 e. The average molecular weight is 329 g/mol. The summed E-state index contributed by atoms with van der Waals surface area (Å²) in [5.74, 6) is 0.707. The molecule has 0 spiro atoms. The number of fused-ring (bicyclic) bond motifs is 1. The zero-order chi connectivity index (χ0) is 17.1. The molecule has 1 aliphatic heterocycles. The molecule has 1 fully saturated rings. The van der Waals surface area contributed by atoms with E-state index in [0.717, 1.165) is 43.5 Å². The lowest BCUT2D eigenvalue weighted by atomic mass is 10.2. The largest absolute Gasteiger partial charge is 0.409 e. The summed E-state index contributed by atoms with van der Waals surface area (Å²) < 4.78 is 1.65. The Morgan fingerprint density at radius 3 is 2.58 bits per heavy atom. The number of rotatable bonds is 3. The molecule has 2 heterocycles. The summed E-state index contributed by atoms with van der Waals surface area (Å²) in [6.07, 6.45) is 0.808. The van der Waals surface area contributed by atoms with Crippen LogP contribution in [0, 0.1) is 0 Å². The first-order valence-electron chi connectivity index (χ1n) is 8.31. The van der Waals surface area contributed by atoms with Crippen molar-refractivity contribution in [1.82, 2.24) is 14.5 Å². The normalized spacial score (nSPS) is 16.8. The summed E-state index contributed by atoms with van der Waals surface area (Å²) in [6, 6.07) is 7.76. The molecule has 1 saturated heterocycles. The van der Waals surface area contributed by atoms with Gasteiger partial charge in [-0.15, -0.1) is 0 Å². The monoisotopic (exact) mass is 329 g/mol. The average Bonchev–Trinajstić information content (AvgIpc) is 2.72. The highest BCUT2D eigenvalue weighted by molar-refractivity contribution is 5.89. The molecule has 0 unspecified atom stereocenters. The van der Waals surface area contributed by atoms with Crippen molar-refractivity contribution in [3.8, 4) is 0 Å². The maximum Gasteiger partial charge on any atom is 0.299 e. The van der Waals surface area contributed by atoms with E-state index in [2.05, 4.69) is 27.0 Å². The Hall–Kier alpha value is -2.41. The Kier molecular flexibility index (Phi) is 4.80. The molecule has 7 nitrogen and oxygen atoms in total. The molecule has 24 heavy (non-hydrogen) atoms. The Morgan fingerprint density at radius 2 is 1.92 bits per heavy atom. The molecule has 7 heteroatoms. The minimum atomic E-state index is -0.365. The molecule has 0 radical (unpaired) electrons. The summed E-state index contributed by atoms with van der Waals surface area (Å²) >= 11 is 0. The van der Waals surface area contributed by atoms with Crippen LogP contribution in [0.25, 0.3) is 10.9 Å². The second-order valence-corrected chi connectivity index (χ2v) is 6.12. The number of nitrogens with zero attached hydrogens (tertiary/aromatic N) is 5. The van der Waals surface area contributed by atoms with Crippen LogP contribution in [0.3, 0.4) is 0 Å². The maximum atomic E-state index is 12.7. The van der Waals surface area contributed by atoms with E-state index in [4.69, 9.17) is 0 Å². The highest BCUT2D eigenvalue weighted by atomic mass is 16.4. The molecular formula is C17H23N5O2. The summed E-state index contributed by atoms with van der Waals surface area (Å²) in [7, 11) is 2.09. The van der Waals surface area contributed by atoms with Gasteiger partial charge in [0, 0.05) is 38.1 Å². The molecule has 1 N–H and O–H groups in total. The van der Waals surface area contributed by atoms with Crippen molar-refractivity contribution in [3.05, 3.63) is 40.1 Å². The molecule has 1 aromatic heterocycles. The predicted molar refractivity (Wildman–Crippen MR) is 93.4 cm³/mol. The van der Waals surface area contributed by atoms with Gasteiger partial charge in [0.2, 0.25) is 0 Å². The van der Waals surface area contributed by atoms with Crippen LogP contribution in [0.4, 0.5) is 5.82 Å². The van der Waals surface area contributed by atoms with Gasteiger partial charge in [-0.05, 0) is 25.6 Å². The van der Waals surface area contributed by atoms with E-state index in [-0.39, 0.29) is 11.0 Å². The van der Waals surface area contributed by atoms with Crippen molar-refractivity contribution in [2.75, 3.05) is 38.1 Å². The Bertz CT molecular complexity index is 854. The van der Waals surface area contributed by atoms with E-state index in [1.54, 1.807) is 4.57 Å². The summed E-state index contributed by atoms with van der Waals surface area (Å²) in [6.45, 7) is 6.08. The molecule has 0 bridgehead atoms. The fraction of sp³-hybridized carbons (Fsp3) is 0.471. The van der Waals surface area contributed by atoms with E-state index < -0.39 is 0 Å². The van der Waals surface area contributed by atoms with Crippen LogP contribution in [-0.2, 0) is 6.54 Å². The molecule has 128 valence electrons. The van der Waals surface area contributed by atoms with Crippen LogP contribution in [-0.4, -0.2) is 52.9 Å². The van der Waals surface area contributed by atoms with Gasteiger partial charge in [-0.2, -0.15) is 0 Å². The van der Waals surface area contributed by atoms with Crippen LogP contribution >= 0.6 is 0 Å². The van der Waals surface area contributed by atoms with Gasteiger partial charge in [-0.1, -0.05) is 24.2 Å². The first-order valence-corrected chi connectivity index (χ1v) is 8.31. The highest BCUT2D eigenvalue weighted by Gasteiger charge is 2.19. The third-order valence-corrected chi connectivity index (χ3v) is 4.43. The number of hydrogen-bond donors (Lipinski definition) is 1. The number of aryl methyl sites for hydroxylation is 1. The van der Waals surface area contributed by atoms with Crippen LogP contribution in [0.5, 0.6) is 0 Å². The molecule has 1 aromatic carbocycles. The van der Waals surface area contributed by atoms with E-state index in [1.165, 1.54) is 0 Å². The summed E-state index contributed by atoms with van der Waals surface area (Å²) in [5, 5.41) is 13.4. The fourth-order valence-corrected chi connectivity index (χ4v) is 3.11. The standard InChI is InChI=1S/C17H23N5O2/c1-3-8-22-14-7-5-4-6-13(14)16(18-15(19-24)17(22)23)21-11-9-20(2)10-12-21/h4-7,24H,3,8-12H2,1-2H3/b19-15+. The first kappa shape index (κ1) is 16.4. The van der Waals surface area contributed by atoms with Crippen molar-refractivity contribution >= 4 is 16.7 Å². The van der Waals surface area contributed by atoms with E-state index >= 15 is 0 Å². The zero-order valence-electron chi connectivity index (χ0n) is 14.1. The first-order chi connectivity index (χ1) is 11.7. The Balaban J connectivity index is 2.32. The summed E-state index contributed by atoms with van der Waals surface area (Å²) in [4.78, 5) is 21.6. The molecule has 2 aromatic rings. The third-order valence-electron chi connectivity index (χ3n) is 4.43. The van der Waals surface area contributed by atoms with Crippen molar-refractivity contribution in [1.29, 1.82) is 0 Å². The summed E-state index contributed by atoms with van der Waals surface area (Å²) in [5.41, 5.74) is 0.296. The topological polar surface area (TPSA) is 74.0 Å². The van der Waals surface area contributed by atoms with Crippen molar-refractivity contribution in [3.63, 3.8) is 0 Å². The van der Waals surface area contributed by atoms with Gasteiger partial charge < -0.3 is 19.6 Å². The molecule has 3 rings (SSSR count). The van der Waals surface area contributed by atoms with Crippen molar-refractivity contribution in [2.45, 2.75) is 19.9 Å². The number of para-hydroxylation sites is 1. The second-order valence-electron chi connectivity index (χ2n) is 6.12. The van der Waals surface area contributed by atoms with E-state index in [0.29, 0.717) is 12.4 Å². The minimum absolute atomic E-state index is 0.159. The van der Waals surface area contributed by atoms with E-state index in [1.807, 2.05) is 31.2 Å². The van der Waals surface area contributed by atoms with Crippen LogP contribution in [0.2, 0.25) is 0 Å². The van der Waals surface area contributed by atoms with Gasteiger partial charge in [0.1, 0.15) is 5.82 Å². The van der Waals surface area contributed by atoms with Gasteiger partial charge in [0.15, 0.2) is 0 Å². The van der Waals surface area contributed by atoms with Gasteiger partial charge in [-0.25, -0.2) is 4.98 Å². The predicted octanol–water partition coefficient (Wildman–Crippen LogP) is 0.848. The number of aromatic nitrogens is 2. The van der Waals surface area contributed by atoms with E-state index in [9.17, 15) is 10.0 Å². The van der Waals surface area contributed by atoms with Crippen molar-refractivity contribution < 1.29 is 5.21 Å². The van der Waals surface area contributed by atoms with Crippen LogP contribution in [0.15, 0.2) is 34.2 Å². The van der Waals surface area contributed by atoms with Gasteiger partial charge in [0.05, 0.1) is 5.52 Å². The Labute approximate surface area is 140 Å². The molecular weight excluding hydrogens is 306 g/mol. The molecule has 0 saturated carbocycles. The Morgan fingerprint density at radius 1 is 1.21 bits per heavy atom. The fourth-order valence-electron chi connectivity index (χ4n) is 3.11. The van der Waals surface area contributed by atoms with Gasteiger partial charge in [0.25, 0.3) is 11.0 Å². The lowest BCUT2D eigenvalue weighted by Crippen LogP contribution is -2.45. The number of piperazine rings is 1. The third kappa shape index (κ3) is 2.99. The molecule has 0 amide bonds. The molecule has 0 atom stereocenters. The van der Waals surface area contributed by atoms with Gasteiger partial charge >= 0.3 is 0 Å². The lowest BCUT2D eigenvalue weighted by molar-refractivity contribution is 0.296. The maximum absolute atomic E-state index is 12.7. The quantitative estimate of drug-likeness (QED) is 0.667.